The first-order valence-corrected chi connectivity index (χ1v) is 5.24. The van der Waals surface area contributed by atoms with Gasteiger partial charge in [-0.3, -0.25) is 0 Å². The summed E-state index contributed by atoms with van der Waals surface area (Å²) in [6.07, 6.45) is 1.55. The number of piperidine rings is 1. The van der Waals surface area contributed by atoms with E-state index in [4.69, 9.17) is 0 Å². The monoisotopic (exact) mass is 223 g/mol. The zero-order valence-corrected chi connectivity index (χ0v) is 8.48. The van der Waals surface area contributed by atoms with Gasteiger partial charge in [0.25, 0.3) is 0 Å². The fourth-order valence-corrected chi connectivity index (χ4v) is 2.16. The van der Waals surface area contributed by atoms with Gasteiger partial charge in [-0.15, -0.1) is 0 Å². The number of halogens is 2. The standard InChI is InChI=1S/C8H15BrFN/c1-11-4-2-3-7(6-11)8(10)5-9/h7-8H,2-6H2,1H3. The highest BCUT2D eigenvalue weighted by Crippen LogP contribution is 2.21. The van der Waals surface area contributed by atoms with Crippen LogP contribution in [0.25, 0.3) is 0 Å². The van der Waals surface area contributed by atoms with Crippen LogP contribution in [0.5, 0.6) is 0 Å². The van der Waals surface area contributed by atoms with E-state index in [0.717, 1.165) is 25.9 Å². The average Bonchev–Trinajstić information content (AvgIpc) is 2.03. The molecule has 1 fully saturated rings. The van der Waals surface area contributed by atoms with E-state index >= 15 is 0 Å². The zero-order valence-electron chi connectivity index (χ0n) is 6.89. The minimum atomic E-state index is -0.655. The molecule has 1 rings (SSSR count). The number of hydrogen-bond acceptors (Lipinski definition) is 1. The SMILES string of the molecule is CN1CCCC(C(F)CBr)C1. The molecule has 2 atom stereocenters. The molecule has 0 aromatic heterocycles. The molecule has 66 valence electrons. The molecule has 2 unspecified atom stereocenters. The van der Waals surface area contributed by atoms with Gasteiger partial charge in [0, 0.05) is 17.8 Å². The van der Waals surface area contributed by atoms with Crippen LogP contribution in [0.3, 0.4) is 0 Å². The molecule has 0 aromatic rings. The van der Waals surface area contributed by atoms with E-state index in [1.165, 1.54) is 0 Å². The minimum absolute atomic E-state index is 0.258. The van der Waals surface area contributed by atoms with Gasteiger partial charge in [0.2, 0.25) is 0 Å². The number of likely N-dealkylation sites (tertiary alicyclic amines) is 1. The molecule has 0 bridgehead atoms. The summed E-state index contributed by atoms with van der Waals surface area (Å²) in [5.74, 6) is 0.258. The van der Waals surface area contributed by atoms with E-state index in [-0.39, 0.29) is 5.92 Å². The van der Waals surface area contributed by atoms with Crippen molar-refractivity contribution in [2.45, 2.75) is 19.0 Å². The quantitative estimate of drug-likeness (QED) is 0.649. The average molecular weight is 224 g/mol. The summed E-state index contributed by atoms with van der Waals surface area (Å²) in [4.78, 5) is 2.21. The van der Waals surface area contributed by atoms with Crippen LogP contribution in [-0.4, -0.2) is 36.5 Å². The first-order chi connectivity index (χ1) is 5.24. The lowest BCUT2D eigenvalue weighted by Crippen LogP contribution is -2.37. The summed E-state index contributed by atoms with van der Waals surface area (Å²) in [6, 6.07) is 0. The summed E-state index contributed by atoms with van der Waals surface area (Å²) in [6.45, 7) is 2.05. The van der Waals surface area contributed by atoms with Crippen molar-refractivity contribution in [3.8, 4) is 0 Å². The predicted octanol–water partition coefficient (Wildman–Crippen LogP) is 2.06. The van der Waals surface area contributed by atoms with Crippen LogP contribution in [0.4, 0.5) is 4.39 Å². The van der Waals surface area contributed by atoms with Gasteiger partial charge in [0.05, 0.1) is 0 Å². The molecule has 1 saturated heterocycles. The van der Waals surface area contributed by atoms with E-state index < -0.39 is 6.17 Å². The molecule has 1 aliphatic heterocycles. The lowest BCUT2D eigenvalue weighted by atomic mass is 9.95. The Balaban J connectivity index is 2.33. The maximum atomic E-state index is 13.1. The van der Waals surface area contributed by atoms with Crippen molar-refractivity contribution in [1.29, 1.82) is 0 Å². The number of nitrogens with zero attached hydrogens (tertiary/aromatic N) is 1. The Hall–Kier alpha value is 0.370. The Morgan fingerprint density at radius 2 is 2.45 bits per heavy atom. The third kappa shape index (κ3) is 2.71. The normalized spacial score (nSPS) is 30.3. The third-order valence-electron chi connectivity index (χ3n) is 2.32. The molecule has 11 heavy (non-hydrogen) atoms. The first kappa shape index (κ1) is 9.46. The second kappa shape index (κ2) is 4.41. The van der Waals surface area contributed by atoms with E-state index in [0.29, 0.717) is 5.33 Å². The molecule has 0 saturated carbocycles. The maximum Gasteiger partial charge on any atom is 0.114 e. The summed E-state index contributed by atoms with van der Waals surface area (Å²) in [5, 5.41) is 0.492. The Bertz CT molecular complexity index is 121. The van der Waals surface area contributed by atoms with Crippen molar-refractivity contribution < 1.29 is 4.39 Å². The molecule has 0 amide bonds. The zero-order chi connectivity index (χ0) is 8.27. The molecule has 0 spiro atoms. The molecule has 0 aromatic carbocycles. The van der Waals surface area contributed by atoms with E-state index in [1.54, 1.807) is 0 Å². The summed E-state index contributed by atoms with van der Waals surface area (Å²) < 4.78 is 13.1. The fraction of sp³-hybridized carbons (Fsp3) is 1.00. The molecule has 0 aliphatic carbocycles. The van der Waals surface area contributed by atoms with E-state index in [1.807, 2.05) is 0 Å². The van der Waals surface area contributed by atoms with Gasteiger partial charge in [0.15, 0.2) is 0 Å². The second-order valence-electron chi connectivity index (χ2n) is 3.33. The van der Waals surface area contributed by atoms with Gasteiger partial charge in [-0.1, -0.05) is 15.9 Å². The fourth-order valence-electron chi connectivity index (χ4n) is 1.63. The van der Waals surface area contributed by atoms with Crippen LogP contribution in [-0.2, 0) is 0 Å². The molecule has 1 heterocycles. The van der Waals surface area contributed by atoms with Crippen molar-refractivity contribution in [1.82, 2.24) is 4.90 Å². The topological polar surface area (TPSA) is 3.24 Å². The van der Waals surface area contributed by atoms with Gasteiger partial charge < -0.3 is 4.90 Å². The summed E-state index contributed by atoms with van der Waals surface area (Å²) in [7, 11) is 2.06. The van der Waals surface area contributed by atoms with Gasteiger partial charge in [-0.05, 0) is 26.4 Å². The van der Waals surface area contributed by atoms with Crippen molar-refractivity contribution in [3.63, 3.8) is 0 Å². The number of hydrogen-bond donors (Lipinski definition) is 0. The van der Waals surface area contributed by atoms with Gasteiger partial charge in [-0.25, -0.2) is 4.39 Å². The maximum absolute atomic E-state index is 13.1. The van der Waals surface area contributed by atoms with Crippen LogP contribution < -0.4 is 0 Å². The van der Waals surface area contributed by atoms with Crippen molar-refractivity contribution in [3.05, 3.63) is 0 Å². The van der Waals surface area contributed by atoms with Crippen molar-refractivity contribution in [2.24, 2.45) is 5.92 Å². The number of rotatable bonds is 2. The van der Waals surface area contributed by atoms with Crippen LogP contribution in [0.2, 0.25) is 0 Å². The lowest BCUT2D eigenvalue weighted by molar-refractivity contribution is 0.139. The van der Waals surface area contributed by atoms with Gasteiger partial charge >= 0.3 is 0 Å². The minimum Gasteiger partial charge on any atom is -0.306 e. The van der Waals surface area contributed by atoms with E-state index in [2.05, 4.69) is 27.9 Å². The largest absolute Gasteiger partial charge is 0.306 e. The molecule has 0 radical (unpaired) electrons. The van der Waals surface area contributed by atoms with Crippen LogP contribution in [0.15, 0.2) is 0 Å². The van der Waals surface area contributed by atoms with Crippen LogP contribution in [0.1, 0.15) is 12.8 Å². The molecular formula is C8H15BrFN. The molecule has 1 nitrogen and oxygen atoms in total. The highest BCUT2D eigenvalue weighted by molar-refractivity contribution is 9.09. The summed E-state index contributed by atoms with van der Waals surface area (Å²) in [5.41, 5.74) is 0. The van der Waals surface area contributed by atoms with Gasteiger partial charge in [0.1, 0.15) is 6.17 Å². The molecule has 1 aliphatic rings. The molecular weight excluding hydrogens is 209 g/mol. The Morgan fingerprint density at radius 3 is 3.00 bits per heavy atom. The smallest absolute Gasteiger partial charge is 0.114 e. The van der Waals surface area contributed by atoms with Crippen LogP contribution >= 0.6 is 15.9 Å². The molecule has 0 N–H and O–H groups in total. The summed E-state index contributed by atoms with van der Waals surface area (Å²) >= 11 is 3.18. The third-order valence-corrected chi connectivity index (χ3v) is 2.94. The Labute approximate surface area is 76.1 Å². The van der Waals surface area contributed by atoms with Gasteiger partial charge in [-0.2, -0.15) is 0 Å². The molecule has 3 heteroatoms. The highest BCUT2D eigenvalue weighted by atomic mass is 79.9. The Morgan fingerprint density at radius 1 is 1.73 bits per heavy atom. The second-order valence-corrected chi connectivity index (χ2v) is 3.98. The van der Waals surface area contributed by atoms with E-state index in [9.17, 15) is 4.39 Å². The predicted molar refractivity (Wildman–Crippen MR) is 48.9 cm³/mol. The number of alkyl halides is 2. The Kier molecular flexibility index (Phi) is 3.79. The highest BCUT2D eigenvalue weighted by Gasteiger charge is 2.24. The lowest BCUT2D eigenvalue weighted by Gasteiger charge is -2.30. The first-order valence-electron chi connectivity index (χ1n) is 4.12. The van der Waals surface area contributed by atoms with Crippen molar-refractivity contribution in [2.75, 3.05) is 25.5 Å². The van der Waals surface area contributed by atoms with Crippen molar-refractivity contribution >= 4 is 15.9 Å². The van der Waals surface area contributed by atoms with Crippen LogP contribution in [0, 0.1) is 5.92 Å².